The van der Waals surface area contributed by atoms with E-state index in [1.807, 2.05) is 19.1 Å². The molecule has 0 fully saturated rings. The van der Waals surface area contributed by atoms with Gasteiger partial charge in [0.2, 0.25) is 0 Å². The van der Waals surface area contributed by atoms with E-state index in [1.54, 1.807) is 30.3 Å². The van der Waals surface area contributed by atoms with Crippen LogP contribution in [0, 0.1) is 5.82 Å². The molecule has 0 aliphatic carbocycles. The molecule has 0 aromatic heterocycles. The van der Waals surface area contributed by atoms with E-state index in [-0.39, 0.29) is 11.3 Å². The van der Waals surface area contributed by atoms with Gasteiger partial charge in [-0.3, -0.25) is 0 Å². The molecule has 0 radical (unpaired) electrons. The highest BCUT2D eigenvalue weighted by Gasteiger charge is 2.19. The number of aryl methyl sites for hydroxylation is 1. The second-order valence-corrected chi connectivity index (χ2v) is 5.98. The second-order valence-electron chi connectivity index (χ2n) is 5.98. The van der Waals surface area contributed by atoms with Gasteiger partial charge in [-0.05, 0) is 41.1 Å². The van der Waals surface area contributed by atoms with Gasteiger partial charge >= 0.3 is 6.61 Å². The number of hydrogen-bond acceptors (Lipinski definition) is 2. The van der Waals surface area contributed by atoms with Crippen LogP contribution in [0.2, 0.25) is 0 Å². The van der Waals surface area contributed by atoms with Gasteiger partial charge in [0.05, 0.1) is 12.7 Å². The molecule has 3 aromatic rings. The summed E-state index contributed by atoms with van der Waals surface area (Å²) in [5.74, 6) is -0.161. The smallest absolute Gasteiger partial charge is 0.387 e. The highest BCUT2D eigenvalue weighted by Crippen LogP contribution is 2.39. The Kier molecular flexibility index (Phi) is 5.35. The Labute approximate surface area is 150 Å². The predicted octanol–water partition coefficient (Wildman–Crippen LogP) is 6.21. The number of benzene rings is 3. The Morgan fingerprint density at radius 3 is 2.35 bits per heavy atom. The minimum absolute atomic E-state index is 0.0173. The van der Waals surface area contributed by atoms with Gasteiger partial charge < -0.3 is 9.47 Å². The van der Waals surface area contributed by atoms with Crippen molar-refractivity contribution in [1.29, 1.82) is 0 Å². The molecule has 26 heavy (non-hydrogen) atoms. The van der Waals surface area contributed by atoms with E-state index < -0.39 is 12.4 Å². The molecule has 136 valence electrons. The van der Waals surface area contributed by atoms with Gasteiger partial charge in [0, 0.05) is 5.39 Å². The zero-order valence-electron chi connectivity index (χ0n) is 14.6. The highest BCUT2D eigenvalue weighted by molar-refractivity contribution is 5.92. The molecular formula is C21H19F3O2. The zero-order chi connectivity index (χ0) is 18.7. The first-order valence-electron chi connectivity index (χ1n) is 8.38. The minimum atomic E-state index is -3.04. The zero-order valence-corrected chi connectivity index (χ0v) is 14.6. The molecular weight excluding hydrogens is 341 g/mol. The van der Waals surface area contributed by atoms with Crippen LogP contribution < -0.4 is 9.47 Å². The minimum Gasteiger partial charge on any atom is -0.497 e. The molecule has 0 amide bonds. The van der Waals surface area contributed by atoms with Crippen molar-refractivity contribution in [2.75, 3.05) is 7.11 Å². The molecule has 2 nitrogen and oxygen atoms in total. The lowest BCUT2D eigenvalue weighted by atomic mass is 9.97. The number of alkyl halides is 2. The molecule has 0 aliphatic rings. The summed E-state index contributed by atoms with van der Waals surface area (Å²) in [7, 11) is 1.52. The first-order chi connectivity index (χ1) is 12.5. The molecule has 0 saturated carbocycles. The van der Waals surface area contributed by atoms with Crippen molar-refractivity contribution in [2.24, 2.45) is 0 Å². The third-order valence-corrected chi connectivity index (χ3v) is 4.24. The molecule has 0 bridgehead atoms. The van der Waals surface area contributed by atoms with Gasteiger partial charge in [0.15, 0.2) is 0 Å². The lowest BCUT2D eigenvalue weighted by molar-refractivity contribution is -0.0494. The van der Waals surface area contributed by atoms with Crippen molar-refractivity contribution >= 4 is 10.8 Å². The van der Waals surface area contributed by atoms with Gasteiger partial charge in [-0.1, -0.05) is 43.7 Å². The predicted molar refractivity (Wildman–Crippen MR) is 96.5 cm³/mol. The summed E-state index contributed by atoms with van der Waals surface area (Å²) in [5.41, 5.74) is 1.49. The van der Waals surface area contributed by atoms with Crippen LogP contribution in [0.15, 0.2) is 48.5 Å². The number of rotatable bonds is 6. The van der Waals surface area contributed by atoms with Gasteiger partial charge in [-0.25, -0.2) is 4.39 Å². The average Bonchev–Trinajstić information content (AvgIpc) is 2.62. The molecule has 0 N–H and O–H groups in total. The van der Waals surface area contributed by atoms with E-state index in [1.165, 1.54) is 13.2 Å². The van der Waals surface area contributed by atoms with Gasteiger partial charge in [0.1, 0.15) is 17.3 Å². The Morgan fingerprint density at radius 1 is 1.00 bits per heavy atom. The standard InChI is InChI=1S/C21H19F3O2/c1-3-4-13-5-10-17-15(11-13)12-18(26-21(23)24)19(20(17)22)14-6-8-16(25-2)9-7-14/h5-12,21H,3-4H2,1-2H3. The first-order valence-corrected chi connectivity index (χ1v) is 8.38. The average molecular weight is 360 g/mol. The summed E-state index contributed by atoms with van der Waals surface area (Å²) in [5, 5.41) is 0.915. The maximum absolute atomic E-state index is 15.2. The van der Waals surface area contributed by atoms with Crippen molar-refractivity contribution < 1.29 is 22.6 Å². The van der Waals surface area contributed by atoms with Crippen molar-refractivity contribution in [3.8, 4) is 22.6 Å². The van der Waals surface area contributed by atoms with E-state index in [4.69, 9.17) is 4.74 Å². The maximum Gasteiger partial charge on any atom is 0.387 e. The van der Waals surface area contributed by atoms with Crippen molar-refractivity contribution in [3.63, 3.8) is 0 Å². The fourth-order valence-corrected chi connectivity index (χ4v) is 3.05. The van der Waals surface area contributed by atoms with Crippen LogP contribution in [0.1, 0.15) is 18.9 Å². The van der Waals surface area contributed by atoms with E-state index in [0.717, 1.165) is 18.4 Å². The van der Waals surface area contributed by atoms with Crippen LogP contribution in [0.5, 0.6) is 11.5 Å². The molecule has 3 rings (SSSR count). The third kappa shape index (κ3) is 3.62. The summed E-state index contributed by atoms with van der Waals surface area (Å²) in [4.78, 5) is 0. The van der Waals surface area contributed by atoms with E-state index in [2.05, 4.69) is 4.74 Å². The summed E-state index contributed by atoms with van der Waals surface area (Å²) in [6.07, 6.45) is 1.78. The largest absolute Gasteiger partial charge is 0.497 e. The first kappa shape index (κ1) is 18.1. The molecule has 0 heterocycles. The summed E-state index contributed by atoms with van der Waals surface area (Å²) < 4.78 is 50.7. The van der Waals surface area contributed by atoms with Crippen LogP contribution in [0.4, 0.5) is 13.2 Å². The normalized spacial score (nSPS) is 11.2. The summed E-state index contributed by atoms with van der Waals surface area (Å²) >= 11 is 0. The second kappa shape index (κ2) is 7.68. The molecule has 0 spiro atoms. The summed E-state index contributed by atoms with van der Waals surface area (Å²) in [6.45, 7) is -0.995. The van der Waals surface area contributed by atoms with Gasteiger partial charge in [-0.15, -0.1) is 0 Å². The number of ether oxygens (including phenoxy) is 2. The van der Waals surface area contributed by atoms with Crippen molar-refractivity contribution in [1.82, 2.24) is 0 Å². The van der Waals surface area contributed by atoms with E-state index in [9.17, 15) is 8.78 Å². The van der Waals surface area contributed by atoms with Crippen LogP contribution in [0.3, 0.4) is 0 Å². The van der Waals surface area contributed by atoms with Gasteiger partial charge in [0.25, 0.3) is 0 Å². The fraction of sp³-hybridized carbons (Fsp3) is 0.238. The molecule has 0 atom stereocenters. The number of methoxy groups -OCH3 is 1. The van der Waals surface area contributed by atoms with E-state index >= 15 is 4.39 Å². The number of hydrogen-bond donors (Lipinski definition) is 0. The highest BCUT2D eigenvalue weighted by atomic mass is 19.3. The Morgan fingerprint density at radius 2 is 1.73 bits per heavy atom. The molecule has 0 aliphatic heterocycles. The molecule has 0 unspecified atom stereocenters. The van der Waals surface area contributed by atoms with Crippen LogP contribution in [-0.2, 0) is 6.42 Å². The Balaban J connectivity index is 2.21. The number of fused-ring (bicyclic) bond motifs is 1. The number of halogens is 3. The third-order valence-electron chi connectivity index (χ3n) is 4.24. The van der Waals surface area contributed by atoms with E-state index in [0.29, 0.717) is 22.1 Å². The fourth-order valence-electron chi connectivity index (χ4n) is 3.05. The maximum atomic E-state index is 15.2. The van der Waals surface area contributed by atoms with Crippen molar-refractivity contribution in [2.45, 2.75) is 26.4 Å². The van der Waals surface area contributed by atoms with Crippen molar-refractivity contribution in [3.05, 3.63) is 59.9 Å². The molecule has 0 saturated heterocycles. The Hall–Kier alpha value is -2.69. The SMILES string of the molecule is CCCc1ccc2c(F)c(-c3ccc(OC)cc3)c(OC(F)F)cc2c1. The molecule has 3 aromatic carbocycles. The van der Waals surface area contributed by atoms with Crippen LogP contribution >= 0.6 is 0 Å². The Bertz CT molecular complexity index is 905. The van der Waals surface area contributed by atoms with Crippen LogP contribution in [0.25, 0.3) is 21.9 Å². The summed E-state index contributed by atoms with van der Waals surface area (Å²) in [6, 6.07) is 13.4. The van der Waals surface area contributed by atoms with Crippen LogP contribution in [-0.4, -0.2) is 13.7 Å². The lowest BCUT2D eigenvalue weighted by Crippen LogP contribution is -2.05. The topological polar surface area (TPSA) is 18.5 Å². The monoisotopic (exact) mass is 360 g/mol. The molecule has 5 heteroatoms. The quantitative estimate of drug-likeness (QED) is 0.520. The van der Waals surface area contributed by atoms with Gasteiger partial charge in [-0.2, -0.15) is 8.78 Å². The lowest BCUT2D eigenvalue weighted by Gasteiger charge is -2.15.